The van der Waals surface area contributed by atoms with Crippen molar-refractivity contribution in [2.24, 2.45) is 0 Å². The molecule has 1 aromatic heterocycles. The molecule has 1 aromatic carbocycles. The highest BCUT2D eigenvalue weighted by Crippen LogP contribution is 2.26. The van der Waals surface area contributed by atoms with Gasteiger partial charge < -0.3 is 0 Å². The van der Waals surface area contributed by atoms with Crippen LogP contribution in [0.3, 0.4) is 0 Å². The van der Waals surface area contributed by atoms with Crippen LogP contribution in [0.2, 0.25) is 0 Å². The van der Waals surface area contributed by atoms with Crippen molar-refractivity contribution in [2.45, 2.75) is 19.1 Å². The Balaban J connectivity index is 2.08. The van der Waals surface area contributed by atoms with Crippen molar-refractivity contribution in [3.63, 3.8) is 0 Å². The summed E-state index contributed by atoms with van der Waals surface area (Å²) >= 11 is 0. The SMILES string of the molecule is FC(F)(F)c1nnnn1CCc1ccccc1. The van der Waals surface area contributed by atoms with Crippen molar-refractivity contribution in [3.05, 3.63) is 41.7 Å². The number of rotatable bonds is 3. The second-order valence-electron chi connectivity index (χ2n) is 3.46. The van der Waals surface area contributed by atoms with E-state index in [1.807, 2.05) is 30.3 Å². The molecule has 0 N–H and O–H groups in total. The van der Waals surface area contributed by atoms with Crippen molar-refractivity contribution < 1.29 is 13.2 Å². The Morgan fingerprint density at radius 3 is 2.47 bits per heavy atom. The van der Waals surface area contributed by atoms with Crippen molar-refractivity contribution >= 4 is 0 Å². The van der Waals surface area contributed by atoms with E-state index in [9.17, 15) is 13.2 Å². The summed E-state index contributed by atoms with van der Waals surface area (Å²) in [7, 11) is 0. The number of nitrogens with zero attached hydrogens (tertiary/aromatic N) is 4. The topological polar surface area (TPSA) is 43.6 Å². The van der Waals surface area contributed by atoms with Gasteiger partial charge in [-0.15, -0.1) is 5.10 Å². The van der Waals surface area contributed by atoms with Gasteiger partial charge >= 0.3 is 6.18 Å². The number of halogens is 3. The maximum atomic E-state index is 12.4. The van der Waals surface area contributed by atoms with Gasteiger partial charge in [-0.3, -0.25) is 0 Å². The lowest BCUT2D eigenvalue weighted by Crippen LogP contribution is -2.17. The molecule has 7 heteroatoms. The molecule has 2 aromatic rings. The van der Waals surface area contributed by atoms with Gasteiger partial charge in [0, 0.05) is 6.54 Å². The first-order valence-corrected chi connectivity index (χ1v) is 4.94. The summed E-state index contributed by atoms with van der Waals surface area (Å²) in [6.45, 7) is 0.103. The van der Waals surface area contributed by atoms with Crippen LogP contribution in [0.4, 0.5) is 13.2 Å². The van der Waals surface area contributed by atoms with Crippen LogP contribution < -0.4 is 0 Å². The van der Waals surface area contributed by atoms with Gasteiger partial charge in [0.1, 0.15) is 0 Å². The average molecular weight is 242 g/mol. The third-order valence-electron chi connectivity index (χ3n) is 2.24. The fourth-order valence-corrected chi connectivity index (χ4v) is 1.44. The molecule has 0 fully saturated rings. The zero-order chi connectivity index (χ0) is 12.3. The lowest BCUT2D eigenvalue weighted by atomic mass is 10.1. The van der Waals surface area contributed by atoms with Gasteiger partial charge in [-0.2, -0.15) is 13.2 Å². The molecule has 0 radical (unpaired) electrons. The highest BCUT2D eigenvalue weighted by molar-refractivity contribution is 5.14. The average Bonchev–Trinajstić information content (AvgIpc) is 2.75. The van der Waals surface area contributed by atoms with E-state index in [1.54, 1.807) is 0 Å². The Bertz CT molecular complexity index is 478. The first-order chi connectivity index (χ1) is 8.07. The molecule has 90 valence electrons. The quantitative estimate of drug-likeness (QED) is 0.826. The highest BCUT2D eigenvalue weighted by Gasteiger charge is 2.37. The summed E-state index contributed by atoms with van der Waals surface area (Å²) in [5.74, 6) is -1.06. The van der Waals surface area contributed by atoms with E-state index in [-0.39, 0.29) is 6.54 Å². The van der Waals surface area contributed by atoms with Crippen molar-refractivity contribution in [1.82, 2.24) is 20.2 Å². The zero-order valence-corrected chi connectivity index (χ0v) is 8.72. The highest BCUT2D eigenvalue weighted by atomic mass is 19.4. The molecule has 0 aliphatic heterocycles. The number of benzene rings is 1. The molecule has 0 aliphatic rings. The van der Waals surface area contributed by atoms with Gasteiger partial charge in [0.15, 0.2) is 0 Å². The van der Waals surface area contributed by atoms with Crippen LogP contribution in [0.15, 0.2) is 30.3 Å². The molecule has 4 nitrogen and oxygen atoms in total. The summed E-state index contributed by atoms with van der Waals surface area (Å²) < 4.78 is 38.1. The van der Waals surface area contributed by atoms with Crippen LogP contribution in [0.5, 0.6) is 0 Å². The molecule has 0 saturated carbocycles. The molecular formula is C10H9F3N4. The minimum atomic E-state index is -4.51. The van der Waals surface area contributed by atoms with Crippen LogP contribution >= 0.6 is 0 Å². The minimum absolute atomic E-state index is 0.103. The predicted molar refractivity (Wildman–Crippen MR) is 53.0 cm³/mol. The Kier molecular flexibility index (Phi) is 3.08. The smallest absolute Gasteiger partial charge is 0.221 e. The summed E-state index contributed by atoms with van der Waals surface area (Å²) in [4.78, 5) is 0. The second kappa shape index (κ2) is 4.52. The van der Waals surface area contributed by atoms with Crippen molar-refractivity contribution in [3.8, 4) is 0 Å². The van der Waals surface area contributed by atoms with Crippen LogP contribution in [0, 0.1) is 0 Å². The van der Waals surface area contributed by atoms with Crippen LogP contribution in [-0.4, -0.2) is 20.2 Å². The third-order valence-corrected chi connectivity index (χ3v) is 2.24. The van der Waals surface area contributed by atoms with Crippen molar-refractivity contribution in [1.29, 1.82) is 0 Å². The number of hydrogen-bond donors (Lipinski definition) is 0. The first-order valence-electron chi connectivity index (χ1n) is 4.94. The fourth-order valence-electron chi connectivity index (χ4n) is 1.44. The number of aryl methyl sites for hydroxylation is 2. The van der Waals surface area contributed by atoms with Crippen molar-refractivity contribution in [2.75, 3.05) is 0 Å². The molecular weight excluding hydrogens is 233 g/mol. The van der Waals surface area contributed by atoms with Crippen LogP contribution in [0.25, 0.3) is 0 Å². The molecule has 2 rings (SSSR count). The summed E-state index contributed by atoms with van der Waals surface area (Å²) in [6, 6.07) is 9.20. The van der Waals surface area contributed by atoms with E-state index in [0.717, 1.165) is 10.2 Å². The van der Waals surface area contributed by atoms with Crippen LogP contribution in [-0.2, 0) is 19.1 Å². The number of aromatic nitrogens is 4. The molecule has 0 amide bonds. The molecule has 1 heterocycles. The summed E-state index contributed by atoms with van der Waals surface area (Å²) in [5.41, 5.74) is 0.941. The molecule has 0 spiro atoms. The normalized spacial score (nSPS) is 11.7. The van der Waals surface area contributed by atoms with E-state index < -0.39 is 12.0 Å². The lowest BCUT2D eigenvalue weighted by Gasteiger charge is -2.06. The summed E-state index contributed by atoms with van der Waals surface area (Å²) in [6.07, 6.45) is -4.06. The molecule has 0 bridgehead atoms. The molecule has 0 atom stereocenters. The Labute approximate surface area is 95.1 Å². The van der Waals surface area contributed by atoms with Gasteiger partial charge in [0.2, 0.25) is 0 Å². The fraction of sp³-hybridized carbons (Fsp3) is 0.300. The van der Waals surface area contributed by atoms with Crippen LogP contribution in [0.1, 0.15) is 11.4 Å². The minimum Gasteiger partial charge on any atom is -0.221 e. The summed E-state index contributed by atoms with van der Waals surface area (Å²) in [5, 5.41) is 9.35. The second-order valence-corrected chi connectivity index (χ2v) is 3.46. The Morgan fingerprint density at radius 2 is 1.82 bits per heavy atom. The standard InChI is InChI=1S/C10H9F3N4/c11-10(12,13)9-14-15-16-17(9)7-6-8-4-2-1-3-5-8/h1-5H,6-7H2. The predicted octanol–water partition coefficient (Wildman–Crippen LogP) is 1.93. The van der Waals surface area contributed by atoms with E-state index in [0.29, 0.717) is 6.42 Å². The zero-order valence-electron chi connectivity index (χ0n) is 8.72. The monoisotopic (exact) mass is 242 g/mol. The van der Waals surface area contributed by atoms with Gasteiger partial charge in [-0.1, -0.05) is 30.3 Å². The molecule has 17 heavy (non-hydrogen) atoms. The van der Waals surface area contributed by atoms with Gasteiger partial charge in [-0.05, 0) is 22.4 Å². The number of tetrazole rings is 1. The number of hydrogen-bond acceptors (Lipinski definition) is 3. The van der Waals surface area contributed by atoms with Gasteiger partial charge in [0.05, 0.1) is 0 Å². The van der Waals surface area contributed by atoms with E-state index in [1.165, 1.54) is 0 Å². The number of alkyl halides is 3. The lowest BCUT2D eigenvalue weighted by molar-refractivity contribution is -0.148. The Morgan fingerprint density at radius 1 is 1.12 bits per heavy atom. The van der Waals surface area contributed by atoms with Gasteiger partial charge in [0.25, 0.3) is 5.82 Å². The maximum absolute atomic E-state index is 12.4. The van der Waals surface area contributed by atoms with Gasteiger partial charge in [-0.25, -0.2) is 4.68 Å². The first kappa shape index (κ1) is 11.6. The molecule has 0 unspecified atom stereocenters. The largest absolute Gasteiger partial charge is 0.453 e. The molecule has 0 saturated heterocycles. The van der Waals surface area contributed by atoms with E-state index in [4.69, 9.17) is 0 Å². The molecule has 0 aliphatic carbocycles. The maximum Gasteiger partial charge on any atom is 0.453 e. The third kappa shape index (κ3) is 2.80. The Hall–Kier alpha value is -1.92. The van der Waals surface area contributed by atoms with E-state index in [2.05, 4.69) is 15.5 Å². The van der Waals surface area contributed by atoms with E-state index >= 15 is 0 Å².